The number of rotatable bonds is 2. The summed E-state index contributed by atoms with van der Waals surface area (Å²) in [6.45, 7) is 10.5. The standard InChI is InChI=1S/C13H20/c1-5-7-11-8-9-13(10(3)4)12(11)6-2/h5-7,10,13H,1,8-9H2,2-4H3/b11-7-,12-6+. The van der Waals surface area contributed by atoms with E-state index in [4.69, 9.17) is 0 Å². The molecule has 0 aromatic rings. The van der Waals surface area contributed by atoms with Gasteiger partial charge in [0.15, 0.2) is 0 Å². The summed E-state index contributed by atoms with van der Waals surface area (Å²) in [5.74, 6) is 1.54. The van der Waals surface area contributed by atoms with Gasteiger partial charge in [0.25, 0.3) is 0 Å². The van der Waals surface area contributed by atoms with Crippen LogP contribution in [0.15, 0.2) is 36.0 Å². The van der Waals surface area contributed by atoms with Crippen molar-refractivity contribution in [3.05, 3.63) is 36.0 Å². The molecule has 0 N–H and O–H groups in total. The Balaban J connectivity index is 2.88. The van der Waals surface area contributed by atoms with Crippen molar-refractivity contribution in [1.82, 2.24) is 0 Å². The minimum atomic E-state index is 0.766. The molecule has 0 aromatic carbocycles. The van der Waals surface area contributed by atoms with E-state index in [0.717, 1.165) is 11.8 Å². The van der Waals surface area contributed by atoms with Gasteiger partial charge in [-0.3, -0.25) is 0 Å². The van der Waals surface area contributed by atoms with E-state index >= 15 is 0 Å². The predicted molar refractivity (Wildman–Crippen MR) is 59.6 cm³/mol. The summed E-state index contributed by atoms with van der Waals surface area (Å²) in [6.07, 6.45) is 8.89. The lowest BCUT2D eigenvalue weighted by Crippen LogP contribution is -2.05. The molecule has 1 aliphatic carbocycles. The topological polar surface area (TPSA) is 0 Å². The van der Waals surface area contributed by atoms with Gasteiger partial charge >= 0.3 is 0 Å². The second kappa shape index (κ2) is 4.45. The maximum Gasteiger partial charge on any atom is -0.0136 e. The van der Waals surface area contributed by atoms with E-state index in [1.807, 2.05) is 6.08 Å². The van der Waals surface area contributed by atoms with Crippen LogP contribution in [0.1, 0.15) is 33.6 Å². The van der Waals surface area contributed by atoms with Gasteiger partial charge < -0.3 is 0 Å². The number of hydrogen-bond donors (Lipinski definition) is 0. The molecular formula is C13H20. The maximum absolute atomic E-state index is 3.76. The van der Waals surface area contributed by atoms with Gasteiger partial charge in [-0.1, -0.05) is 38.7 Å². The zero-order chi connectivity index (χ0) is 9.84. The second-order valence-corrected chi connectivity index (χ2v) is 4.06. The molecule has 1 aliphatic rings. The van der Waals surface area contributed by atoms with Crippen LogP contribution in [-0.2, 0) is 0 Å². The third kappa shape index (κ3) is 2.12. The molecule has 0 bridgehead atoms. The van der Waals surface area contributed by atoms with Crippen LogP contribution in [0.4, 0.5) is 0 Å². The Kier molecular flexibility index (Phi) is 3.53. The van der Waals surface area contributed by atoms with E-state index in [-0.39, 0.29) is 0 Å². The lowest BCUT2D eigenvalue weighted by atomic mass is 9.89. The number of hydrogen-bond acceptors (Lipinski definition) is 0. The number of allylic oxidation sites excluding steroid dienone is 5. The highest BCUT2D eigenvalue weighted by Gasteiger charge is 2.26. The van der Waals surface area contributed by atoms with Gasteiger partial charge in [-0.05, 0) is 42.7 Å². The summed E-state index contributed by atoms with van der Waals surface area (Å²) in [7, 11) is 0. The van der Waals surface area contributed by atoms with Crippen LogP contribution in [0.3, 0.4) is 0 Å². The molecule has 0 aliphatic heterocycles. The van der Waals surface area contributed by atoms with Crippen LogP contribution in [-0.4, -0.2) is 0 Å². The third-order valence-electron chi connectivity index (χ3n) is 2.93. The van der Waals surface area contributed by atoms with Gasteiger partial charge in [-0.15, -0.1) is 0 Å². The molecule has 1 unspecified atom stereocenters. The lowest BCUT2D eigenvalue weighted by molar-refractivity contribution is 0.452. The second-order valence-electron chi connectivity index (χ2n) is 4.06. The van der Waals surface area contributed by atoms with E-state index in [0.29, 0.717) is 0 Å². The highest BCUT2D eigenvalue weighted by atomic mass is 14.3. The van der Waals surface area contributed by atoms with Gasteiger partial charge in [0.1, 0.15) is 0 Å². The van der Waals surface area contributed by atoms with Crippen LogP contribution < -0.4 is 0 Å². The van der Waals surface area contributed by atoms with E-state index in [1.54, 1.807) is 5.57 Å². The van der Waals surface area contributed by atoms with E-state index in [2.05, 4.69) is 39.5 Å². The van der Waals surface area contributed by atoms with Crippen molar-refractivity contribution in [1.29, 1.82) is 0 Å². The Labute approximate surface area is 82.0 Å². The quantitative estimate of drug-likeness (QED) is 0.594. The molecule has 1 rings (SSSR count). The Morgan fingerprint density at radius 1 is 1.46 bits per heavy atom. The Morgan fingerprint density at radius 3 is 2.62 bits per heavy atom. The lowest BCUT2D eigenvalue weighted by Gasteiger charge is -2.15. The summed E-state index contributed by atoms with van der Waals surface area (Å²) in [5.41, 5.74) is 3.05. The van der Waals surface area contributed by atoms with Crippen molar-refractivity contribution in [3.8, 4) is 0 Å². The van der Waals surface area contributed by atoms with Gasteiger partial charge in [0.2, 0.25) is 0 Å². The van der Waals surface area contributed by atoms with Crippen molar-refractivity contribution in [2.45, 2.75) is 33.6 Å². The van der Waals surface area contributed by atoms with Gasteiger partial charge in [-0.2, -0.15) is 0 Å². The fourth-order valence-electron chi connectivity index (χ4n) is 2.26. The van der Waals surface area contributed by atoms with E-state index in [9.17, 15) is 0 Å². The fourth-order valence-corrected chi connectivity index (χ4v) is 2.26. The molecule has 0 heteroatoms. The van der Waals surface area contributed by atoms with Crippen LogP contribution in [0.2, 0.25) is 0 Å². The molecule has 0 aromatic heterocycles. The van der Waals surface area contributed by atoms with Crippen molar-refractivity contribution in [2.75, 3.05) is 0 Å². The SMILES string of the molecule is C=C/C=C1/CCC(C(C)C)/C1=C/C. The minimum absolute atomic E-state index is 0.766. The first-order chi connectivity index (χ1) is 6.20. The summed E-state index contributed by atoms with van der Waals surface area (Å²) >= 11 is 0. The summed E-state index contributed by atoms with van der Waals surface area (Å²) < 4.78 is 0. The molecule has 0 nitrogen and oxygen atoms in total. The molecule has 0 amide bonds. The summed E-state index contributed by atoms with van der Waals surface area (Å²) in [6, 6.07) is 0. The monoisotopic (exact) mass is 176 g/mol. The fraction of sp³-hybridized carbons (Fsp3) is 0.538. The van der Waals surface area contributed by atoms with Crippen LogP contribution >= 0.6 is 0 Å². The van der Waals surface area contributed by atoms with Crippen molar-refractivity contribution >= 4 is 0 Å². The predicted octanol–water partition coefficient (Wildman–Crippen LogP) is 4.11. The van der Waals surface area contributed by atoms with Crippen molar-refractivity contribution in [2.24, 2.45) is 11.8 Å². The normalized spacial score (nSPS) is 29.1. The van der Waals surface area contributed by atoms with Crippen LogP contribution in [0.25, 0.3) is 0 Å². The molecule has 0 radical (unpaired) electrons. The first-order valence-electron chi connectivity index (χ1n) is 5.18. The highest BCUT2D eigenvalue weighted by molar-refractivity contribution is 5.39. The van der Waals surface area contributed by atoms with Gasteiger partial charge in [-0.25, -0.2) is 0 Å². The van der Waals surface area contributed by atoms with Crippen LogP contribution in [0, 0.1) is 11.8 Å². The van der Waals surface area contributed by atoms with Crippen molar-refractivity contribution in [3.63, 3.8) is 0 Å². The molecule has 1 atom stereocenters. The van der Waals surface area contributed by atoms with Crippen molar-refractivity contribution < 1.29 is 0 Å². The molecule has 0 heterocycles. The Hall–Kier alpha value is -0.780. The zero-order valence-corrected chi connectivity index (χ0v) is 9.01. The molecule has 1 saturated carbocycles. The smallest absolute Gasteiger partial charge is 0.0136 e. The van der Waals surface area contributed by atoms with Gasteiger partial charge in [0, 0.05) is 0 Å². The molecule has 13 heavy (non-hydrogen) atoms. The van der Waals surface area contributed by atoms with E-state index in [1.165, 1.54) is 18.4 Å². The first-order valence-corrected chi connectivity index (χ1v) is 5.18. The van der Waals surface area contributed by atoms with E-state index < -0.39 is 0 Å². The van der Waals surface area contributed by atoms with Crippen LogP contribution in [0.5, 0.6) is 0 Å². The largest absolute Gasteiger partial charge is 0.0991 e. The molecule has 72 valence electrons. The molecular weight excluding hydrogens is 156 g/mol. The summed E-state index contributed by atoms with van der Waals surface area (Å²) in [4.78, 5) is 0. The highest BCUT2D eigenvalue weighted by Crippen LogP contribution is 2.40. The summed E-state index contributed by atoms with van der Waals surface area (Å²) in [5, 5.41) is 0. The minimum Gasteiger partial charge on any atom is -0.0991 e. The average molecular weight is 176 g/mol. The average Bonchev–Trinajstić information content (AvgIpc) is 2.48. The molecule has 0 spiro atoms. The molecule has 0 saturated heterocycles. The third-order valence-corrected chi connectivity index (χ3v) is 2.93. The maximum atomic E-state index is 3.76. The Bertz CT molecular complexity index is 241. The van der Waals surface area contributed by atoms with Gasteiger partial charge in [0.05, 0.1) is 0 Å². The first kappa shape index (κ1) is 10.3. The Morgan fingerprint density at radius 2 is 2.15 bits per heavy atom. The zero-order valence-electron chi connectivity index (χ0n) is 9.01. The molecule has 1 fully saturated rings.